The minimum atomic E-state index is -0.860. The second-order valence-corrected chi connectivity index (χ2v) is 10.0. The third-order valence-corrected chi connectivity index (χ3v) is 7.53. The van der Waals surface area contributed by atoms with E-state index in [0.29, 0.717) is 29.2 Å². The van der Waals surface area contributed by atoms with Crippen LogP contribution in [0.3, 0.4) is 0 Å². The number of aryl methyl sites for hydroxylation is 1. The van der Waals surface area contributed by atoms with Crippen molar-refractivity contribution in [3.05, 3.63) is 87.9 Å². The third-order valence-electron chi connectivity index (χ3n) is 7.53. The van der Waals surface area contributed by atoms with Gasteiger partial charge < -0.3 is 14.6 Å². The fraction of sp³-hybridized carbons (Fsp3) is 0.276. The van der Waals surface area contributed by atoms with Crippen LogP contribution >= 0.6 is 0 Å². The van der Waals surface area contributed by atoms with E-state index >= 15 is 0 Å². The molecule has 2 unspecified atom stereocenters. The number of furan rings is 1. The number of nitrogens with zero attached hydrogens (tertiary/aromatic N) is 3. The number of amides is 3. The van der Waals surface area contributed by atoms with E-state index in [4.69, 9.17) is 4.42 Å². The number of piperidine rings is 1. The highest BCUT2D eigenvalue weighted by Crippen LogP contribution is 2.34. The van der Waals surface area contributed by atoms with Crippen molar-refractivity contribution in [2.24, 2.45) is 0 Å². The van der Waals surface area contributed by atoms with Crippen LogP contribution in [-0.2, 0) is 22.6 Å². The molecule has 0 aliphatic carbocycles. The van der Waals surface area contributed by atoms with E-state index in [0.717, 1.165) is 12.1 Å². The lowest BCUT2D eigenvalue weighted by Crippen LogP contribution is -2.45. The number of fused-ring (bicyclic) bond motifs is 2. The van der Waals surface area contributed by atoms with Gasteiger partial charge in [-0.1, -0.05) is 24.3 Å². The Kier molecular flexibility index (Phi) is 6.02. The van der Waals surface area contributed by atoms with Crippen molar-refractivity contribution in [2.75, 3.05) is 10.2 Å². The molecule has 0 saturated carbocycles. The molecule has 2 aromatic heterocycles. The number of anilines is 2. The molecule has 0 radical (unpaired) electrons. The first-order valence-corrected chi connectivity index (χ1v) is 12.9. The fourth-order valence-electron chi connectivity index (χ4n) is 5.63. The summed E-state index contributed by atoms with van der Waals surface area (Å²) in [6.45, 7) is 4.21. The van der Waals surface area contributed by atoms with Gasteiger partial charge in [-0.15, -0.1) is 0 Å². The van der Waals surface area contributed by atoms with E-state index in [2.05, 4.69) is 39.6 Å². The Morgan fingerprint density at radius 1 is 1.13 bits per heavy atom. The van der Waals surface area contributed by atoms with Crippen LogP contribution in [0, 0.1) is 6.92 Å². The van der Waals surface area contributed by atoms with Gasteiger partial charge in [0.05, 0.1) is 35.0 Å². The Morgan fingerprint density at radius 3 is 2.77 bits per heavy atom. The molecule has 2 aliphatic rings. The van der Waals surface area contributed by atoms with Crippen LogP contribution in [0.2, 0.25) is 0 Å². The highest BCUT2D eigenvalue weighted by molar-refractivity contribution is 6.09. The molecular weight excluding hydrogens is 498 g/mol. The lowest BCUT2D eigenvalue weighted by atomic mass is 10.1. The van der Waals surface area contributed by atoms with Gasteiger partial charge in [-0.25, -0.2) is 4.98 Å². The second kappa shape index (κ2) is 9.54. The first-order valence-electron chi connectivity index (χ1n) is 12.9. The summed E-state index contributed by atoms with van der Waals surface area (Å²) in [6, 6.07) is 14.2. The molecule has 39 heavy (non-hydrogen) atoms. The summed E-state index contributed by atoms with van der Waals surface area (Å²) in [5.41, 5.74) is 2.97. The molecule has 0 bridgehead atoms. The standard InChI is InChI=1S/C29H27N5O5/c1-16-14-18-6-3-4-9-22(18)33(16)15-24-19(12-13-39-24)27(36)31-21-8-5-7-20-26(21)29(38)34(17(2)30-20)23-10-11-25(35)32-28(23)37/h3-9,12-13,16,23H,10-11,14-15H2,1-2H3,(H,31,36)(H,32,35,37). The minimum Gasteiger partial charge on any atom is -0.467 e. The number of hydrogen-bond donors (Lipinski definition) is 2. The predicted molar refractivity (Wildman–Crippen MR) is 145 cm³/mol. The Labute approximate surface area is 223 Å². The number of hydrogen-bond acceptors (Lipinski definition) is 7. The summed E-state index contributed by atoms with van der Waals surface area (Å²) in [6.07, 6.45) is 2.73. The van der Waals surface area contributed by atoms with Crippen molar-refractivity contribution in [2.45, 2.75) is 51.7 Å². The summed E-state index contributed by atoms with van der Waals surface area (Å²) >= 11 is 0. The van der Waals surface area contributed by atoms with E-state index in [1.807, 2.05) is 12.1 Å². The van der Waals surface area contributed by atoms with Gasteiger partial charge in [0.25, 0.3) is 11.5 Å². The van der Waals surface area contributed by atoms with Crippen molar-refractivity contribution in [3.8, 4) is 0 Å². The molecule has 198 valence electrons. The van der Waals surface area contributed by atoms with Crippen LogP contribution in [0.25, 0.3) is 10.9 Å². The van der Waals surface area contributed by atoms with Crippen molar-refractivity contribution in [3.63, 3.8) is 0 Å². The molecule has 2 aliphatic heterocycles. The van der Waals surface area contributed by atoms with Gasteiger partial charge in [0, 0.05) is 18.2 Å². The van der Waals surface area contributed by atoms with E-state index in [9.17, 15) is 19.2 Å². The van der Waals surface area contributed by atoms with E-state index in [1.165, 1.54) is 16.4 Å². The molecule has 10 nitrogen and oxygen atoms in total. The zero-order valence-electron chi connectivity index (χ0n) is 21.6. The highest BCUT2D eigenvalue weighted by Gasteiger charge is 2.31. The number of imide groups is 1. The molecule has 6 rings (SSSR count). The average molecular weight is 526 g/mol. The fourth-order valence-corrected chi connectivity index (χ4v) is 5.63. The largest absolute Gasteiger partial charge is 0.467 e. The van der Waals surface area contributed by atoms with Gasteiger partial charge in [-0.3, -0.25) is 29.1 Å². The minimum absolute atomic E-state index is 0.127. The Hall–Kier alpha value is -4.73. The van der Waals surface area contributed by atoms with Crippen LogP contribution in [0.1, 0.15) is 53.3 Å². The second-order valence-electron chi connectivity index (χ2n) is 10.0. The van der Waals surface area contributed by atoms with Crippen LogP contribution in [0.15, 0.2) is 64.0 Å². The molecule has 1 saturated heterocycles. The van der Waals surface area contributed by atoms with Crippen molar-refractivity contribution in [1.29, 1.82) is 0 Å². The molecule has 2 atom stereocenters. The number of nitrogens with one attached hydrogen (secondary N) is 2. The maximum absolute atomic E-state index is 13.7. The SMILES string of the molecule is Cc1nc2cccc(NC(=O)c3ccoc3CN3c4ccccc4CC3C)c2c(=O)n1C1CCC(=O)NC1=O. The molecule has 4 aromatic rings. The van der Waals surface area contributed by atoms with Crippen LogP contribution in [0.4, 0.5) is 11.4 Å². The molecular formula is C29H27N5O5. The van der Waals surface area contributed by atoms with E-state index in [-0.39, 0.29) is 35.9 Å². The van der Waals surface area contributed by atoms with E-state index in [1.54, 1.807) is 31.2 Å². The average Bonchev–Trinajstić information content (AvgIpc) is 3.49. The molecule has 2 N–H and O–H groups in total. The highest BCUT2D eigenvalue weighted by atomic mass is 16.3. The molecule has 1 fully saturated rings. The van der Waals surface area contributed by atoms with E-state index < -0.39 is 23.4 Å². The normalized spacial score (nSPS) is 18.8. The topological polar surface area (TPSA) is 127 Å². The summed E-state index contributed by atoms with van der Waals surface area (Å²) in [7, 11) is 0. The Morgan fingerprint density at radius 2 is 1.95 bits per heavy atom. The molecule has 2 aromatic carbocycles. The first kappa shape index (κ1) is 24.6. The lowest BCUT2D eigenvalue weighted by Gasteiger charge is -2.25. The third kappa shape index (κ3) is 4.27. The summed E-state index contributed by atoms with van der Waals surface area (Å²) < 4.78 is 7.04. The van der Waals surface area contributed by atoms with Crippen molar-refractivity contribution < 1.29 is 18.8 Å². The predicted octanol–water partition coefficient (Wildman–Crippen LogP) is 3.48. The number of para-hydroxylation sites is 1. The van der Waals surface area contributed by atoms with Gasteiger partial charge in [0.15, 0.2) is 0 Å². The quantitative estimate of drug-likeness (QED) is 0.382. The van der Waals surface area contributed by atoms with Crippen LogP contribution in [-0.4, -0.2) is 33.3 Å². The first-order chi connectivity index (χ1) is 18.8. The number of carbonyl (C=O) groups is 3. The molecule has 10 heteroatoms. The molecule has 4 heterocycles. The molecule has 0 spiro atoms. The zero-order valence-corrected chi connectivity index (χ0v) is 21.6. The van der Waals surface area contributed by atoms with Crippen molar-refractivity contribution in [1.82, 2.24) is 14.9 Å². The maximum Gasteiger partial charge on any atom is 0.264 e. The summed E-state index contributed by atoms with van der Waals surface area (Å²) in [5.74, 6) is -0.459. The van der Waals surface area contributed by atoms with Crippen LogP contribution < -0.4 is 21.1 Å². The Balaban J connectivity index is 1.32. The smallest absolute Gasteiger partial charge is 0.264 e. The van der Waals surface area contributed by atoms with Gasteiger partial charge >= 0.3 is 0 Å². The van der Waals surface area contributed by atoms with Gasteiger partial charge in [-0.05, 0) is 56.5 Å². The van der Waals surface area contributed by atoms with Gasteiger partial charge in [0.1, 0.15) is 17.6 Å². The zero-order chi connectivity index (χ0) is 27.3. The molecule has 3 amide bonds. The number of carbonyl (C=O) groups excluding carboxylic acids is 3. The maximum atomic E-state index is 13.7. The number of rotatable bonds is 5. The Bertz CT molecular complexity index is 1700. The summed E-state index contributed by atoms with van der Waals surface area (Å²) in [5, 5.41) is 5.35. The van der Waals surface area contributed by atoms with Crippen LogP contribution in [0.5, 0.6) is 0 Å². The summed E-state index contributed by atoms with van der Waals surface area (Å²) in [4.78, 5) is 58.1. The number of benzene rings is 2. The lowest BCUT2D eigenvalue weighted by molar-refractivity contribution is -0.135. The number of aromatic nitrogens is 2. The monoisotopic (exact) mass is 525 g/mol. The van der Waals surface area contributed by atoms with Gasteiger partial charge in [0.2, 0.25) is 11.8 Å². The van der Waals surface area contributed by atoms with Crippen molar-refractivity contribution >= 4 is 40.0 Å². The van der Waals surface area contributed by atoms with Gasteiger partial charge in [-0.2, -0.15) is 0 Å².